The van der Waals surface area contributed by atoms with Gasteiger partial charge in [0.1, 0.15) is 12.1 Å². The molecule has 0 aliphatic rings. The maximum atomic E-state index is 11.8. The molecule has 0 saturated heterocycles. The number of halogens is 1. The Labute approximate surface area is 197 Å². The summed E-state index contributed by atoms with van der Waals surface area (Å²) in [5, 5.41) is 11.9. The largest absolute Gasteiger partial charge is 0.444 e. The summed E-state index contributed by atoms with van der Waals surface area (Å²) in [5.41, 5.74) is 1.27. The molecule has 1 aromatic carbocycles. The third-order valence-electron chi connectivity index (χ3n) is 3.60. The molecule has 0 radical (unpaired) electrons. The number of amides is 2. The van der Waals surface area contributed by atoms with E-state index in [4.69, 9.17) is 4.74 Å². The molecule has 170 valence electrons. The Morgan fingerprint density at radius 1 is 1.00 bits per heavy atom. The molecule has 8 nitrogen and oxygen atoms in total. The average molecular weight is 533 g/mol. The lowest BCUT2D eigenvalue weighted by molar-refractivity contribution is -0.119. The summed E-state index contributed by atoms with van der Waals surface area (Å²) in [7, 11) is 0. The number of carbonyl (C=O) groups is 2. The number of anilines is 1. The predicted molar refractivity (Wildman–Crippen MR) is 133 cm³/mol. The van der Waals surface area contributed by atoms with Gasteiger partial charge in [-0.25, -0.2) is 9.79 Å². The van der Waals surface area contributed by atoms with Crippen molar-refractivity contribution in [2.24, 2.45) is 4.99 Å². The van der Waals surface area contributed by atoms with Crippen LogP contribution in [-0.4, -0.2) is 49.7 Å². The van der Waals surface area contributed by atoms with Gasteiger partial charge in [-0.2, -0.15) is 0 Å². The topological polar surface area (TPSA) is 104 Å². The van der Waals surface area contributed by atoms with Crippen molar-refractivity contribution in [2.75, 3.05) is 31.5 Å². The fourth-order valence-electron chi connectivity index (χ4n) is 2.31. The van der Waals surface area contributed by atoms with E-state index in [0.29, 0.717) is 31.3 Å². The molecule has 1 rings (SSSR count). The molecule has 30 heavy (non-hydrogen) atoms. The van der Waals surface area contributed by atoms with Crippen LogP contribution >= 0.6 is 24.0 Å². The molecule has 0 aliphatic carbocycles. The Morgan fingerprint density at radius 3 is 2.23 bits per heavy atom. The monoisotopic (exact) mass is 533 g/mol. The van der Waals surface area contributed by atoms with E-state index in [2.05, 4.69) is 26.3 Å². The van der Waals surface area contributed by atoms with Gasteiger partial charge in [0, 0.05) is 25.3 Å². The molecular formula is C21H36IN5O3. The Balaban J connectivity index is 0.00000841. The Morgan fingerprint density at radius 2 is 1.67 bits per heavy atom. The fraction of sp³-hybridized carbons (Fsp3) is 0.571. The second-order valence-corrected chi connectivity index (χ2v) is 7.55. The van der Waals surface area contributed by atoms with E-state index in [1.54, 1.807) is 0 Å². The van der Waals surface area contributed by atoms with E-state index >= 15 is 0 Å². The minimum atomic E-state index is -0.530. The van der Waals surface area contributed by atoms with Crippen LogP contribution in [0, 0.1) is 0 Å². The van der Waals surface area contributed by atoms with Crippen molar-refractivity contribution < 1.29 is 14.3 Å². The van der Waals surface area contributed by atoms with E-state index in [1.165, 1.54) is 0 Å². The van der Waals surface area contributed by atoms with Crippen LogP contribution in [0.3, 0.4) is 0 Å². The lowest BCUT2D eigenvalue weighted by atomic mass is 10.1. The second kappa shape index (κ2) is 14.9. The van der Waals surface area contributed by atoms with Gasteiger partial charge >= 0.3 is 6.09 Å². The number of benzene rings is 1. The van der Waals surface area contributed by atoms with Crippen LogP contribution in [0.4, 0.5) is 10.5 Å². The predicted octanol–water partition coefficient (Wildman–Crippen LogP) is 3.28. The van der Waals surface area contributed by atoms with Crippen molar-refractivity contribution in [3.8, 4) is 0 Å². The molecule has 0 atom stereocenters. The number of guanidine groups is 1. The third kappa shape index (κ3) is 13.2. The number of nitrogens with zero attached hydrogens (tertiary/aromatic N) is 1. The molecule has 1 aromatic rings. The summed E-state index contributed by atoms with van der Waals surface area (Å²) >= 11 is 0. The number of aliphatic imine (C=N–C) groups is 1. The van der Waals surface area contributed by atoms with Crippen LogP contribution in [0.15, 0.2) is 29.3 Å². The van der Waals surface area contributed by atoms with Crippen molar-refractivity contribution in [3.63, 3.8) is 0 Å². The Hall–Kier alpha value is -2.04. The first kappa shape index (κ1) is 28.0. The Kier molecular flexibility index (Phi) is 13.9. The molecule has 4 N–H and O–H groups in total. The molecular weight excluding hydrogens is 497 g/mol. The van der Waals surface area contributed by atoms with Crippen LogP contribution < -0.4 is 21.3 Å². The summed E-state index contributed by atoms with van der Waals surface area (Å²) < 4.78 is 5.24. The van der Waals surface area contributed by atoms with Gasteiger partial charge in [0.2, 0.25) is 5.91 Å². The van der Waals surface area contributed by atoms with Crippen LogP contribution in [0.1, 0.15) is 46.6 Å². The van der Waals surface area contributed by atoms with Gasteiger partial charge in [-0.1, -0.05) is 19.1 Å². The highest BCUT2D eigenvalue weighted by atomic mass is 127. The van der Waals surface area contributed by atoms with Crippen LogP contribution in [0.25, 0.3) is 0 Å². The highest BCUT2D eigenvalue weighted by molar-refractivity contribution is 14.0. The van der Waals surface area contributed by atoms with Gasteiger partial charge in [0.05, 0.1) is 0 Å². The molecule has 0 spiro atoms. The molecule has 0 unspecified atom stereocenters. The van der Waals surface area contributed by atoms with Crippen LogP contribution in [-0.2, 0) is 16.0 Å². The SMILES string of the molecule is CCCNC(=O)CN=C(NCC)NCCc1ccc(NC(=O)OC(C)(C)C)cc1.I. The summed E-state index contributed by atoms with van der Waals surface area (Å²) in [6, 6.07) is 7.60. The first-order valence-corrected chi connectivity index (χ1v) is 10.1. The maximum absolute atomic E-state index is 11.8. The van der Waals surface area contributed by atoms with Crippen molar-refractivity contribution in [2.45, 2.75) is 53.1 Å². The molecule has 0 heterocycles. The zero-order chi connectivity index (χ0) is 21.7. The highest BCUT2D eigenvalue weighted by Crippen LogP contribution is 2.13. The van der Waals surface area contributed by atoms with Crippen LogP contribution in [0.2, 0.25) is 0 Å². The summed E-state index contributed by atoms with van der Waals surface area (Å²) in [6.45, 7) is 11.6. The smallest absolute Gasteiger partial charge is 0.412 e. The van der Waals surface area contributed by atoms with E-state index in [9.17, 15) is 9.59 Å². The normalized spacial score (nSPS) is 11.2. The van der Waals surface area contributed by atoms with Gasteiger partial charge < -0.3 is 20.7 Å². The van der Waals surface area contributed by atoms with Crippen LogP contribution in [0.5, 0.6) is 0 Å². The standard InChI is InChI=1S/C21H35N5O3.HI/c1-6-13-23-18(27)15-25-19(22-7-2)24-14-12-16-8-10-17(11-9-16)26-20(28)29-21(3,4)5;/h8-11H,6-7,12-15H2,1-5H3,(H,23,27)(H,26,28)(H2,22,24,25);1H. The van der Waals surface area contributed by atoms with Gasteiger partial charge in [-0.3, -0.25) is 10.1 Å². The summed E-state index contributed by atoms with van der Waals surface area (Å²) in [5.74, 6) is 0.527. The summed E-state index contributed by atoms with van der Waals surface area (Å²) in [6.07, 6.45) is 1.21. The Bertz CT molecular complexity index is 672. The van der Waals surface area contributed by atoms with Crippen molar-refractivity contribution in [1.82, 2.24) is 16.0 Å². The van der Waals surface area contributed by atoms with E-state index in [-0.39, 0.29) is 36.4 Å². The highest BCUT2D eigenvalue weighted by Gasteiger charge is 2.16. The lowest BCUT2D eigenvalue weighted by Crippen LogP contribution is -2.39. The molecule has 0 aliphatic heterocycles. The van der Waals surface area contributed by atoms with Crippen molar-refractivity contribution in [3.05, 3.63) is 29.8 Å². The van der Waals surface area contributed by atoms with Gasteiger partial charge in [0.25, 0.3) is 0 Å². The number of rotatable bonds is 9. The molecule has 2 amide bonds. The van der Waals surface area contributed by atoms with E-state index < -0.39 is 11.7 Å². The number of carbonyl (C=O) groups excluding carboxylic acids is 2. The summed E-state index contributed by atoms with van der Waals surface area (Å²) in [4.78, 5) is 27.8. The van der Waals surface area contributed by atoms with Crippen molar-refractivity contribution in [1.29, 1.82) is 0 Å². The first-order valence-electron chi connectivity index (χ1n) is 10.1. The van der Waals surface area contributed by atoms with Gasteiger partial charge in [-0.05, 0) is 58.2 Å². The molecule has 0 saturated carbocycles. The number of hydrogen-bond acceptors (Lipinski definition) is 4. The second-order valence-electron chi connectivity index (χ2n) is 7.55. The van der Waals surface area contributed by atoms with E-state index in [1.807, 2.05) is 58.9 Å². The average Bonchev–Trinajstić information content (AvgIpc) is 2.64. The zero-order valence-corrected chi connectivity index (χ0v) is 21.0. The first-order chi connectivity index (χ1) is 13.7. The fourth-order valence-corrected chi connectivity index (χ4v) is 2.31. The molecule has 0 fully saturated rings. The molecule has 0 aromatic heterocycles. The quantitative estimate of drug-likeness (QED) is 0.222. The molecule has 9 heteroatoms. The van der Waals surface area contributed by atoms with E-state index in [0.717, 1.165) is 18.4 Å². The minimum Gasteiger partial charge on any atom is -0.444 e. The number of ether oxygens (including phenoxy) is 1. The number of hydrogen-bond donors (Lipinski definition) is 4. The minimum absolute atomic E-state index is 0. The van der Waals surface area contributed by atoms with Gasteiger partial charge in [-0.15, -0.1) is 24.0 Å². The number of nitrogens with one attached hydrogen (secondary N) is 4. The third-order valence-corrected chi connectivity index (χ3v) is 3.60. The van der Waals surface area contributed by atoms with Crippen molar-refractivity contribution >= 4 is 47.6 Å². The van der Waals surface area contributed by atoms with Gasteiger partial charge in [0.15, 0.2) is 5.96 Å². The lowest BCUT2D eigenvalue weighted by Gasteiger charge is -2.19. The zero-order valence-electron chi connectivity index (χ0n) is 18.6. The molecule has 0 bridgehead atoms. The maximum Gasteiger partial charge on any atom is 0.412 e.